The summed E-state index contributed by atoms with van der Waals surface area (Å²) in [7, 11) is 0. The van der Waals surface area contributed by atoms with Gasteiger partial charge in [-0.1, -0.05) is 53.0 Å². The van der Waals surface area contributed by atoms with E-state index in [1.54, 1.807) is 24.3 Å². The maximum absolute atomic E-state index is 12.2. The van der Waals surface area contributed by atoms with E-state index in [2.05, 4.69) is 5.32 Å². The highest BCUT2D eigenvalue weighted by Gasteiger charge is 2.19. The zero-order chi connectivity index (χ0) is 18.4. The van der Waals surface area contributed by atoms with Gasteiger partial charge in [0.05, 0.1) is 15.7 Å². The summed E-state index contributed by atoms with van der Waals surface area (Å²) in [6.07, 6.45) is 0.643. The Morgan fingerprint density at radius 3 is 2.48 bits per heavy atom. The van der Waals surface area contributed by atoms with Crippen molar-refractivity contribution in [3.8, 4) is 0 Å². The molecule has 0 aliphatic carbocycles. The van der Waals surface area contributed by atoms with Crippen molar-refractivity contribution >= 4 is 52.3 Å². The van der Waals surface area contributed by atoms with Crippen LogP contribution in [0.2, 0.25) is 15.1 Å². The Labute approximate surface area is 161 Å². The van der Waals surface area contributed by atoms with Crippen LogP contribution in [0.1, 0.15) is 12.5 Å². The van der Waals surface area contributed by atoms with Crippen LogP contribution in [0, 0.1) is 0 Å². The zero-order valence-electron chi connectivity index (χ0n) is 13.6. The predicted molar refractivity (Wildman–Crippen MR) is 103 cm³/mol. The van der Waals surface area contributed by atoms with Gasteiger partial charge in [0.25, 0.3) is 0 Å². The first-order chi connectivity index (χ1) is 11.9. The molecule has 0 aliphatic rings. The van der Waals surface area contributed by atoms with Gasteiger partial charge < -0.3 is 10.2 Å². The van der Waals surface area contributed by atoms with Gasteiger partial charge >= 0.3 is 0 Å². The Kier molecular flexibility index (Phi) is 7.12. The van der Waals surface area contributed by atoms with Crippen LogP contribution in [0.25, 0.3) is 0 Å². The second-order valence-electron chi connectivity index (χ2n) is 5.41. The number of carbonyl (C=O) groups is 2. The normalized spacial score (nSPS) is 10.4. The minimum Gasteiger partial charge on any atom is -0.354 e. The van der Waals surface area contributed by atoms with Gasteiger partial charge in [-0.3, -0.25) is 9.59 Å². The third-order valence-electron chi connectivity index (χ3n) is 3.53. The number of amides is 2. The molecule has 132 valence electrons. The van der Waals surface area contributed by atoms with Crippen molar-refractivity contribution in [2.45, 2.75) is 13.3 Å². The summed E-state index contributed by atoms with van der Waals surface area (Å²) in [4.78, 5) is 25.4. The molecule has 1 N–H and O–H groups in total. The molecule has 0 saturated carbocycles. The Balaban J connectivity index is 1.96. The van der Waals surface area contributed by atoms with Crippen LogP contribution in [0.5, 0.6) is 0 Å². The maximum atomic E-state index is 12.2. The molecule has 25 heavy (non-hydrogen) atoms. The maximum Gasteiger partial charge on any atom is 0.240 e. The Morgan fingerprint density at radius 2 is 1.80 bits per heavy atom. The van der Waals surface area contributed by atoms with Crippen molar-refractivity contribution in [3.63, 3.8) is 0 Å². The van der Waals surface area contributed by atoms with E-state index < -0.39 is 0 Å². The summed E-state index contributed by atoms with van der Waals surface area (Å²) in [6, 6.07) is 12.4. The Hall–Kier alpha value is -1.75. The van der Waals surface area contributed by atoms with Crippen LogP contribution in [0.15, 0.2) is 42.5 Å². The topological polar surface area (TPSA) is 49.4 Å². The molecule has 2 amide bonds. The smallest absolute Gasteiger partial charge is 0.240 e. The second kappa shape index (κ2) is 9.09. The minimum atomic E-state index is -0.297. The lowest BCUT2D eigenvalue weighted by Gasteiger charge is -2.22. The number of benzene rings is 2. The van der Waals surface area contributed by atoms with E-state index in [-0.39, 0.29) is 23.4 Å². The molecular weight excluding hydrogens is 383 g/mol. The predicted octanol–water partition coefficient (Wildman–Crippen LogP) is 4.36. The van der Waals surface area contributed by atoms with E-state index in [0.29, 0.717) is 28.7 Å². The molecule has 4 nitrogen and oxygen atoms in total. The fraction of sp³-hybridized carbons (Fsp3) is 0.222. The number of rotatable bonds is 6. The van der Waals surface area contributed by atoms with E-state index in [0.717, 1.165) is 5.56 Å². The van der Waals surface area contributed by atoms with E-state index in [4.69, 9.17) is 34.8 Å². The highest BCUT2D eigenvalue weighted by molar-refractivity contribution is 6.44. The lowest BCUT2D eigenvalue weighted by atomic mass is 10.1. The van der Waals surface area contributed by atoms with E-state index in [1.165, 1.54) is 11.8 Å². The molecule has 0 atom stereocenters. The van der Waals surface area contributed by atoms with Crippen LogP contribution in [0.4, 0.5) is 5.69 Å². The molecule has 2 aromatic carbocycles. The monoisotopic (exact) mass is 398 g/mol. The standard InChI is InChI=1S/C18H17Cl3N2O2/c1-12(24)23(16-7-3-6-15(20)18(16)21)11-17(25)22-9-8-13-4-2-5-14(19)10-13/h2-7,10H,8-9,11H2,1H3,(H,22,25). The summed E-state index contributed by atoms with van der Waals surface area (Å²) in [5, 5.41) is 4.01. The first-order valence-corrected chi connectivity index (χ1v) is 8.75. The van der Waals surface area contributed by atoms with E-state index in [1.807, 2.05) is 18.2 Å². The molecule has 0 bridgehead atoms. The number of hydrogen-bond donors (Lipinski definition) is 1. The first-order valence-electron chi connectivity index (χ1n) is 7.61. The van der Waals surface area contributed by atoms with Crippen LogP contribution in [0.3, 0.4) is 0 Å². The van der Waals surface area contributed by atoms with Gasteiger partial charge in [-0.05, 0) is 36.2 Å². The summed E-state index contributed by atoms with van der Waals surface area (Å²) in [6.45, 7) is 1.68. The van der Waals surface area contributed by atoms with Gasteiger partial charge in [0.1, 0.15) is 6.54 Å². The molecule has 7 heteroatoms. The third-order valence-corrected chi connectivity index (χ3v) is 4.57. The van der Waals surface area contributed by atoms with Crippen molar-refractivity contribution < 1.29 is 9.59 Å². The largest absolute Gasteiger partial charge is 0.354 e. The van der Waals surface area contributed by atoms with Gasteiger partial charge in [-0.2, -0.15) is 0 Å². The van der Waals surface area contributed by atoms with Crippen molar-refractivity contribution in [1.29, 1.82) is 0 Å². The molecule has 0 spiro atoms. The van der Waals surface area contributed by atoms with Crippen molar-refractivity contribution in [2.75, 3.05) is 18.0 Å². The van der Waals surface area contributed by atoms with Gasteiger partial charge in [0.2, 0.25) is 11.8 Å². The summed E-state index contributed by atoms with van der Waals surface area (Å²) < 4.78 is 0. The molecule has 2 aromatic rings. The molecule has 0 fully saturated rings. The van der Waals surface area contributed by atoms with E-state index in [9.17, 15) is 9.59 Å². The van der Waals surface area contributed by atoms with E-state index >= 15 is 0 Å². The number of carbonyl (C=O) groups excluding carboxylic acids is 2. The molecule has 0 saturated heterocycles. The molecule has 0 radical (unpaired) electrons. The summed E-state index contributed by atoms with van der Waals surface area (Å²) in [5.41, 5.74) is 1.43. The van der Waals surface area contributed by atoms with Crippen molar-refractivity contribution in [1.82, 2.24) is 5.32 Å². The van der Waals surface area contributed by atoms with Crippen LogP contribution in [-0.2, 0) is 16.0 Å². The minimum absolute atomic E-state index is 0.134. The Bertz CT molecular complexity index is 781. The highest BCUT2D eigenvalue weighted by Crippen LogP contribution is 2.32. The first kappa shape index (κ1) is 19.6. The van der Waals surface area contributed by atoms with Gasteiger partial charge in [0.15, 0.2) is 0 Å². The molecular formula is C18H17Cl3N2O2. The van der Waals surface area contributed by atoms with Crippen molar-refractivity contribution in [3.05, 3.63) is 63.1 Å². The zero-order valence-corrected chi connectivity index (χ0v) is 15.8. The average Bonchev–Trinajstić information content (AvgIpc) is 2.55. The SMILES string of the molecule is CC(=O)N(CC(=O)NCCc1cccc(Cl)c1)c1cccc(Cl)c1Cl. The molecule has 0 aromatic heterocycles. The average molecular weight is 400 g/mol. The van der Waals surface area contributed by atoms with Gasteiger partial charge in [0, 0.05) is 18.5 Å². The van der Waals surface area contributed by atoms with Crippen LogP contribution >= 0.6 is 34.8 Å². The molecule has 0 heterocycles. The number of halogens is 3. The lowest BCUT2D eigenvalue weighted by Crippen LogP contribution is -2.40. The third kappa shape index (κ3) is 5.63. The Morgan fingerprint density at radius 1 is 1.08 bits per heavy atom. The number of anilines is 1. The fourth-order valence-electron chi connectivity index (χ4n) is 2.31. The summed E-state index contributed by atoms with van der Waals surface area (Å²) in [5.74, 6) is -0.581. The number of nitrogens with zero attached hydrogens (tertiary/aromatic N) is 1. The lowest BCUT2D eigenvalue weighted by molar-refractivity contribution is -0.123. The number of nitrogens with one attached hydrogen (secondary N) is 1. The molecule has 0 unspecified atom stereocenters. The highest BCUT2D eigenvalue weighted by atomic mass is 35.5. The second-order valence-corrected chi connectivity index (χ2v) is 6.63. The molecule has 2 rings (SSSR count). The molecule has 0 aliphatic heterocycles. The quantitative estimate of drug-likeness (QED) is 0.784. The van der Waals surface area contributed by atoms with Crippen molar-refractivity contribution in [2.24, 2.45) is 0 Å². The fourth-order valence-corrected chi connectivity index (χ4v) is 2.92. The number of hydrogen-bond acceptors (Lipinski definition) is 2. The van der Waals surface area contributed by atoms with Gasteiger partial charge in [-0.25, -0.2) is 0 Å². The van der Waals surface area contributed by atoms with Crippen LogP contribution < -0.4 is 10.2 Å². The summed E-state index contributed by atoms with van der Waals surface area (Å²) >= 11 is 18.1. The van der Waals surface area contributed by atoms with Crippen LogP contribution in [-0.4, -0.2) is 24.9 Å². The van der Waals surface area contributed by atoms with Gasteiger partial charge in [-0.15, -0.1) is 0 Å².